The van der Waals surface area contributed by atoms with Gasteiger partial charge in [-0.25, -0.2) is 9.59 Å². The third-order valence-corrected chi connectivity index (χ3v) is 6.50. The van der Waals surface area contributed by atoms with Gasteiger partial charge in [0.1, 0.15) is 0 Å². The van der Waals surface area contributed by atoms with Gasteiger partial charge in [-0.1, -0.05) is 18.2 Å². The second-order valence-corrected chi connectivity index (χ2v) is 8.89. The molecule has 34 heavy (non-hydrogen) atoms. The molecule has 2 amide bonds. The van der Waals surface area contributed by atoms with Crippen molar-refractivity contribution in [2.75, 3.05) is 45.9 Å². The van der Waals surface area contributed by atoms with Crippen LogP contribution in [0, 0.1) is 0 Å². The molecule has 182 valence electrons. The van der Waals surface area contributed by atoms with E-state index in [1.165, 1.54) is 0 Å². The van der Waals surface area contributed by atoms with Gasteiger partial charge in [0, 0.05) is 68.4 Å². The topological polar surface area (TPSA) is 92.3 Å². The van der Waals surface area contributed by atoms with E-state index in [0.717, 1.165) is 35.1 Å². The molecule has 0 aliphatic carbocycles. The summed E-state index contributed by atoms with van der Waals surface area (Å²) in [4.78, 5) is 48.2. The van der Waals surface area contributed by atoms with Crippen LogP contribution in [0.3, 0.4) is 0 Å². The molecular formula is C25H32N4O5. The van der Waals surface area contributed by atoms with Crippen molar-refractivity contribution in [1.29, 1.82) is 0 Å². The van der Waals surface area contributed by atoms with Crippen molar-refractivity contribution in [2.45, 2.75) is 39.8 Å². The van der Waals surface area contributed by atoms with Gasteiger partial charge in [-0.05, 0) is 26.8 Å². The molecule has 1 aromatic heterocycles. The van der Waals surface area contributed by atoms with Crippen molar-refractivity contribution in [1.82, 2.24) is 19.7 Å². The third kappa shape index (κ3) is 4.99. The molecule has 0 N–H and O–H groups in total. The largest absolute Gasteiger partial charge is 0.452 e. The van der Waals surface area contributed by atoms with Crippen LogP contribution in [0.2, 0.25) is 0 Å². The molecule has 2 aromatic rings. The van der Waals surface area contributed by atoms with Crippen LogP contribution in [0.5, 0.6) is 0 Å². The normalized spacial score (nSPS) is 16.5. The Kier molecular flexibility index (Phi) is 7.31. The van der Waals surface area contributed by atoms with Crippen LogP contribution in [0.1, 0.15) is 42.4 Å². The highest BCUT2D eigenvalue weighted by atomic mass is 16.6. The predicted molar refractivity (Wildman–Crippen MR) is 126 cm³/mol. The number of carbonyl (C=O) groups excluding carboxylic acids is 3. The van der Waals surface area contributed by atoms with Crippen molar-refractivity contribution in [3.8, 4) is 0 Å². The number of hydrogen-bond donors (Lipinski definition) is 0. The Hall–Kier alpha value is -3.20. The first kappa shape index (κ1) is 23.9. The fourth-order valence-electron chi connectivity index (χ4n) is 4.53. The number of rotatable bonds is 5. The van der Waals surface area contributed by atoms with Crippen LogP contribution < -0.4 is 0 Å². The lowest BCUT2D eigenvalue weighted by atomic mass is 9.95. The molecule has 9 heteroatoms. The Balaban J connectivity index is 1.47. The summed E-state index contributed by atoms with van der Waals surface area (Å²) in [5, 5.41) is 0.743. The maximum atomic E-state index is 13.3. The maximum Gasteiger partial charge on any atom is 0.409 e. The van der Waals surface area contributed by atoms with Crippen molar-refractivity contribution < 1.29 is 23.9 Å². The Bertz CT molecular complexity index is 1080. The molecule has 2 aliphatic rings. The van der Waals surface area contributed by atoms with Gasteiger partial charge in [-0.2, -0.15) is 0 Å². The number of benzene rings is 1. The van der Waals surface area contributed by atoms with Gasteiger partial charge in [0.25, 0.3) is 5.91 Å². The van der Waals surface area contributed by atoms with Gasteiger partial charge in [0.05, 0.1) is 17.7 Å². The highest BCUT2D eigenvalue weighted by molar-refractivity contribution is 6.05. The average molecular weight is 469 g/mol. The fraction of sp³-hybridized carbons (Fsp3) is 0.520. The Morgan fingerprint density at radius 2 is 1.71 bits per heavy atom. The number of ether oxygens (including phenoxy) is 2. The summed E-state index contributed by atoms with van der Waals surface area (Å²) in [6.45, 7) is 9.08. The number of para-hydroxylation sites is 1. The maximum absolute atomic E-state index is 13.3. The average Bonchev–Trinajstić information content (AvgIpc) is 2.85. The van der Waals surface area contributed by atoms with E-state index in [2.05, 4.69) is 18.7 Å². The molecule has 1 saturated heterocycles. The molecule has 3 heterocycles. The first-order valence-electron chi connectivity index (χ1n) is 11.9. The molecule has 1 aromatic carbocycles. The SMILES string of the molecule is CCOC(=O)N1CCN(C(=O)COC(=O)c2c3c(nc4ccccc24)CCN(C(C)C)C3)CC1. The molecule has 0 saturated carbocycles. The molecule has 0 bridgehead atoms. The molecule has 0 radical (unpaired) electrons. The predicted octanol–water partition coefficient (Wildman–Crippen LogP) is 2.46. The molecule has 9 nitrogen and oxygen atoms in total. The second-order valence-electron chi connectivity index (χ2n) is 8.89. The van der Waals surface area contributed by atoms with Gasteiger partial charge in [0.2, 0.25) is 0 Å². The first-order valence-corrected chi connectivity index (χ1v) is 11.9. The second kappa shape index (κ2) is 10.4. The number of esters is 1. The van der Waals surface area contributed by atoms with E-state index >= 15 is 0 Å². The van der Waals surface area contributed by atoms with Crippen molar-refractivity contribution >= 4 is 28.9 Å². The zero-order chi connectivity index (χ0) is 24.2. The van der Waals surface area contributed by atoms with E-state index < -0.39 is 5.97 Å². The van der Waals surface area contributed by atoms with Crippen LogP contribution >= 0.6 is 0 Å². The van der Waals surface area contributed by atoms with Crippen molar-refractivity contribution in [2.24, 2.45) is 0 Å². The molecule has 2 aliphatic heterocycles. The number of nitrogens with zero attached hydrogens (tertiary/aromatic N) is 4. The summed E-state index contributed by atoms with van der Waals surface area (Å²) in [5.74, 6) is -0.771. The highest BCUT2D eigenvalue weighted by Gasteiger charge is 2.29. The molecule has 4 rings (SSSR count). The van der Waals surface area contributed by atoms with Crippen molar-refractivity contribution in [3.63, 3.8) is 0 Å². The summed E-state index contributed by atoms with van der Waals surface area (Å²) in [7, 11) is 0. The van der Waals surface area contributed by atoms with E-state index in [1.807, 2.05) is 24.3 Å². The minimum Gasteiger partial charge on any atom is -0.452 e. The monoisotopic (exact) mass is 468 g/mol. The number of fused-ring (bicyclic) bond motifs is 2. The van der Waals surface area contributed by atoms with Crippen LogP contribution in [-0.4, -0.2) is 89.6 Å². The number of piperazine rings is 1. The molecular weight excluding hydrogens is 436 g/mol. The van der Waals surface area contributed by atoms with E-state index in [1.54, 1.807) is 16.7 Å². The van der Waals surface area contributed by atoms with Gasteiger partial charge >= 0.3 is 12.1 Å². The van der Waals surface area contributed by atoms with Crippen molar-refractivity contribution in [3.05, 3.63) is 41.1 Å². The molecule has 0 unspecified atom stereocenters. The number of aromatic nitrogens is 1. The van der Waals surface area contributed by atoms with E-state index in [-0.39, 0.29) is 18.6 Å². The summed E-state index contributed by atoms with van der Waals surface area (Å²) in [6.07, 6.45) is 0.397. The standard InChI is InChI=1S/C25H32N4O5/c1-4-33-25(32)28-13-11-27(12-14-28)22(30)16-34-24(31)23-18-7-5-6-8-20(18)26-21-9-10-29(17(2)3)15-19(21)23/h5-8,17H,4,9-16H2,1-3H3. The van der Waals surface area contributed by atoms with E-state index in [4.69, 9.17) is 14.5 Å². The zero-order valence-electron chi connectivity index (χ0n) is 20.1. The van der Waals surface area contributed by atoms with Crippen LogP contribution in [0.25, 0.3) is 10.9 Å². The summed E-state index contributed by atoms with van der Waals surface area (Å²) in [5.41, 5.74) is 3.07. The lowest BCUT2D eigenvalue weighted by molar-refractivity contribution is -0.136. The highest BCUT2D eigenvalue weighted by Crippen LogP contribution is 2.29. The molecule has 0 atom stereocenters. The van der Waals surface area contributed by atoms with Crippen LogP contribution in [0.4, 0.5) is 4.79 Å². The summed E-state index contributed by atoms with van der Waals surface area (Å²) in [6, 6.07) is 7.90. The summed E-state index contributed by atoms with van der Waals surface area (Å²) >= 11 is 0. The van der Waals surface area contributed by atoms with Crippen LogP contribution in [0.15, 0.2) is 24.3 Å². The van der Waals surface area contributed by atoms with E-state index in [0.29, 0.717) is 50.9 Å². The smallest absolute Gasteiger partial charge is 0.409 e. The quantitative estimate of drug-likeness (QED) is 0.623. The molecule has 0 spiro atoms. The Labute approximate surface area is 199 Å². The first-order chi connectivity index (χ1) is 16.4. The summed E-state index contributed by atoms with van der Waals surface area (Å²) < 4.78 is 10.6. The third-order valence-electron chi connectivity index (χ3n) is 6.50. The van der Waals surface area contributed by atoms with Gasteiger partial charge in [-0.15, -0.1) is 0 Å². The van der Waals surface area contributed by atoms with Crippen LogP contribution in [-0.2, 0) is 27.2 Å². The number of pyridine rings is 1. The molecule has 1 fully saturated rings. The van der Waals surface area contributed by atoms with E-state index in [9.17, 15) is 14.4 Å². The van der Waals surface area contributed by atoms with Gasteiger partial charge in [0.15, 0.2) is 6.61 Å². The fourth-order valence-corrected chi connectivity index (χ4v) is 4.53. The minimum atomic E-state index is -0.501. The number of carbonyl (C=O) groups is 3. The number of amides is 2. The van der Waals surface area contributed by atoms with Gasteiger partial charge in [-0.3, -0.25) is 14.7 Å². The zero-order valence-corrected chi connectivity index (χ0v) is 20.1. The lowest BCUT2D eigenvalue weighted by Crippen LogP contribution is -2.51. The Morgan fingerprint density at radius 3 is 2.41 bits per heavy atom. The number of hydrogen-bond acceptors (Lipinski definition) is 7. The minimum absolute atomic E-state index is 0.270. The Morgan fingerprint density at radius 1 is 1.00 bits per heavy atom. The lowest BCUT2D eigenvalue weighted by Gasteiger charge is -2.34. The van der Waals surface area contributed by atoms with Gasteiger partial charge < -0.3 is 19.3 Å².